The fourth-order valence-electron chi connectivity index (χ4n) is 9.37. The molecule has 0 saturated carbocycles. The summed E-state index contributed by atoms with van der Waals surface area (Å²) in [6, 6.07) is 0. The first-order valence-corrected chi connectivity index (χ1v) is 19.1. The van der Waals surface area contributed by atoms with Gasteiger partial charge in [0.1, 0.15) is 199 Å². The molecule has 1 nitrogen and oxygen atoms in total. The van der Waals surface area contributed by atoms with Crippen LogP contribution in [0.3, 0.4) is 0 Å². The Hall–Kier alpha value is -3.84. The Labute approximate surface area is 408 Å². The number of hydrogen-bond donors (Lipinski definition) is 0. The first kappa shape index (κ1) is 46.3. The molecule has 0 saturated heterocycles. The Morgan fingerprint density at radius 2 is 0.369 bits per heavy atom. The van der Waals surface area contributed by atoms with Gasteiger partial charge in [-0.15, -0.1) is 49.2 Å². The highest BCUT2D eigenvalue weighted by atomic mass is 16.3. The fourth-order valence-corrected chi connectivity index (χ4v) is 9.37. The van der Waals surface area contributed by atoms with Crippen LogP contribution in [0.4, 0.5) is 0 Å². The molecule has 0 aliphatic heterocycles. The SMILES string of the molecule is [B]c1c(-c2c3c([B])c([B])c([B])c([B])c3c(-c3c([B])c([B])c([B])c4c([B])c([B])c([B])c([B])c34)c3c([B])c([B])c([B])c([B])c23)c([B])c2c(oc3c([B])c4c([B])c([B])c([B])c([B])c4c([B])c32)c1[B]. The molecule has 238 valence electrons. The number of benzene rings is 8. The molecule has 0 fully saturated rings. The van der Waals surface area contributed by atoms with Crippen LogP contribution in [0, 0.1) is 0 Å². The van der Waals surface area contributed by atoms with E-state index < -0.39 is 0 Å². The van der Waals surface area contributed by atoms with Crippen LogP contribution in [0.2, 0.25) is 0 Å². The summed E-state index contributed by atoms with van der Waals surface area (Å²) in [6.45, 7) is 0. The van der Waals surface area contributed by atoms with Gasteiger partial charge in [-0.1, -0.05) is 76.5 Å². The molecule has 0 N–H and O–H groups in total. The largest absolute Gasteiger partial charge is 0.457 e. The smallest absolute Gasteiger partial charge is 0.128 e. The van der Waals surface area contributed by atoms with Crippen molar-refractivity contribution in [3.8, 4) is 22.3 Å². The fraction of sp³-hybridized carbons (Fsp3) is 0. The predicted molar refractivity (Wildman–Crippen MR) is 304 cm³/mol. The minimum absolute atomic E-state index is 0.000782. The Morgan fingerprint density at radius 1 is 0.138 bits per heavy atom. The number of rotatable bonds is 2. The number of furan rings is 1. The zero-order valence-electron chi connectivity index (χ0n) is 34.3. The molecule has 0 bridgehead atoms. The van der Waals surface area contributed by atoms with Gasteiger partial charge in [0.25, 0.3) is 0 Å². The lowest BCUT2D eigenvalue weighted by molar-refractivity contribution is 0.675. The lowest BCUT2D eigenvalue weighted by Crippen LogP contribution is -2.53. The summed E-state index contributed by atoms with van der Waals surface area (Å²) in [7, 11) is 162. The minimum atomic E-state index is -0.178. The molecular weight excluding hydrogens is 756 g/mol. The van der Waals surface area contributed by atoms with Crippen LogP contribution in [0.15, 0.2) is 4.42 Å². The highest BCUT2D eigenvalue weighted by molar-refractivity contribution is 6.77. The van der Waals surface area contributed by atoms with Crippen LogP contribution in [0.25, 0.3) is 87.3 Å². The standard InChI is InChI=1S/C40B24O/c41-15-9(27(53)38(64)40-14(15)13-16(42)11-12(28(54)39(13)65-40)26(52)37(63)36(62)25(11)51)2-6-3(18(44)30(56)32(58)20(6)46)1(4-7(2)21(47)33(59)31(57)19(4)45)5-8-10(23(49)29(55)17(5)43)24(50)35(61)34(60)22(8)48. The summed E-state index contributed by atoms with van der Waals surface area (Å²) in [6.07, 6.45) is 0. The van der Waals surface area contributed by atoms with E-state index in [1.807, 2.05) is 0 Å². The minimum Gasteiger partial charge on any atom is -0.457 e. The van der Waals surface area contributed by atoms with Gasteiger partial charge in [-0.25, -0.2) is 0 Å². The summed E-state index contributed by atoms with van der Waals surface area (Å²) in [5.41, 5.74) is -2.59. The van der Waals surface area contributed by atoms with E-state index in [1.54, 1.807) is 0 Å². The van der Waals surface area contributed by atoms with Crippen molar-refractivity contribution < 1.29 is 4.42 Å². The predicted octanol–water partition coefficient (Wildman–Crippen LogP) is -17.4. The molecule has 0 atom stereocenters. The van der Waals surface area contributed by atoms with Gasteiger partial charge in [-0.05, 0) is 70.8 Å². The summed E-state index contributed by atoms with van der Waals surface area (Å²) >= 11 is 0. The highest BCUT2D eigenvalue weighted by Gasteiger charge is 2.31. The van der Waals surface area contributed by atoms with E-state index in [2.05, 4.69) is 0 Å². The maximum Gasteiger partial charge on any atom is 0.128 e. The normalized spacial score (nSPS) is 11.9. The van der Waals surface area contributed by atoms with Gasteiger partial charge in [-0.3, -0.25) is 0 Å². The molecule has 8 aromatic carbocycles. The molecule has 1 aromatic heterocycles. The quantitative estimate of drug-likeness (QED) is 0.126. The van der Waals surface area contributed by atoms with Crippen LogP contribution in [0.5, 0.6) is 0 Å². The average Bonchev–Trinajstić information content (AvgIpc) is 3.69. The van der Waals surface area contributed by atoms with E-state index in [0.29, 0.717) is 0 Å². The van der Waals surface area contributed by atoms with Crippen LogP contribution in [-0.2, 0) is 0 Å². The third-order valence-electron chi connectivity index (χ3n) is 12.8. The van der Waals surface area contributed by atoms with Crippen molar-refractivity contribution in [3.05, 3.63) is 0 Å². The topological polar surface area (TPSA) is 13.1 Å². The first-order chi connectivity index (χ1) is 30.3. The molecule has 9 rings (SSSR count). The Morgan fingerprint density at radius 3 is 0.738 bits per heavy atom. The molecule has 48 radical (unpaired) electrons. The lowest BCUT2D eigenvalue weighted by Gasteiger charge is -2.32. The van der Waals surface area contributed by atoms with E-state index >= 15 is 0 Å². The van der Waals surface area contributed by atoms with Crippen molar-refractivity contribution in [3.63, 3.8) is 0 Å². The van der Waals surface area contributed by atoms with Crippen LogP contribution < -0.4 is 131 Å². The molecule has 65 heavy (non-hydrogen) atoms. The second-order valence-electron chi connectivity index (χ2n) is 15.9. The first-order valence-electron chi connectivity index (χ1n) is 19.1. The van der Waals surface area contributed by atoms with E-state index in [-0.39, 0.29) is 218 Å². The molecule has 0 amide bonds. The second kappa shape index (κ2) is 15.3. The van der Waals surface area contributed by atoms with Crippen molar-refractivity contribution in [2.45, 2.75) is 0 Å². The van der Waals surface area contributed by atoms with Crippen molar-refractivity contribution >= 4 is 384 Å². The van der Waals surface area contributed by atoms with Gasteiger partial charge in [0, 0.05) is 10.8 Å². The lowest BCUT2D eigenvalue weighted by atomic mass is 9.56. The summed E-state index contributed by atoms with van der Waals surface area (Å²) in [4.78, 5) is 0. The molecule has 0 spiro atoms. The summed E-state index contributed by atoms with van der Waals surface area (Å²) < 4.78 is 6.34. The zero-order valence-corrected chi connectivity index (χ0v) is 34.3. The van der Waals surface area contributed by atoms with Crippen molar-refractivity contribution in [2.24, 2.45) is 0 Å². The maximum atomic E-state index is 7.31. The van der Waals surface area contributed by atoms with Crippen molar-refractivity contribution in [1.82, 2.24) is 0 Å². The summed E-state index contributed by atoms with van der Waals surface area (Å²) in [5, 5.41) is 0.838. The van der Waals surface area contributed by atoms with Gasteiger partial charge in [0.15, 0.2) is 0 Å². The summed E-state index contributed by atoms with van der Waals surface area (Å²) in [5.74, 6) is 0. The van der Waals surface area contributed by atoms with Gasteiger partial charge >= 0.3 is 0 Å². The van der Waals surface area contributed by atoms with Gasteiger partial charge in [0.2, 0.25) is 0 Å². The van der Waals surface area contributed by atoms with E-state index in [0.717, 1.165) is 0 Å². The Balaban J connectivity index is 1.64. The zero-order chi connectivity index (χ0) is 47.8. The van der Waals surface area contributed by atoms with E-state index in [4.69, 9.17) is 193 Å². The molecule has 0 unspecified atom stereocenters. The average molecular weight is 756 g/mol. The molecule has 9 aromatic rings. The van der Waals surface area contributed by atoms with Gasteiger partial charge in [-0.2, -0.15) is 0 Å². The van der Waals surface area contributed by atoms with E-state index in [9.17, 15) is 0 Å². The molecule has 0 aliphatic rings. The Kier molecular flexibility index (Phi) is 10.9. The highest BCUT2D eigenvalue weighted by Crippen LogP contribution is 2.41. The van der Waals surface area contributed by atoms with Crippen LogP contribution in [-0.4, -0.2) is 188 Å². The number of hydrogen-bond acceptors (Lipinski definition) is 1. The monoisotopic (exact) mass is 760 g/mol. The van der Waals surface area contributed by atoms with Crippen molar-refractivity contribution in [2.75, 3.05) is 0 Å². The molecule has 25 heteroatoms. The van der Waals surface area contributed by atoms with Crippen molar-refractivity contribution in [1.29, 1.82) is 0 Å². The van der Waals surface area contributed by atoms with Crippen LogP contribution >= 0.6 is 0 Å². The third kappa shape index (κ3) is 5.75. The van der Waals surface area contributed by atoms with Gasteiger partial charge < -0.3 is 4.42 Å². The molecular formula is C40B24O. The Bertz CT molecular complexity index is 3730. The number of fused-ring (bicyclic) bond motifs is 7. The van der Waals surface area contributed by atoms with Gasteiger partial charge in [0.05, 0.1) is 0 Å². The molecule has 1 heterocycles. The van der Waals surface area contributed by atoms with Crippen LogP contribution in [0.1, 0.15) is 0 Å². The van der Waals surface area contributed by atoms with E-state index in [1.165, 1.54) is 0 Å². The third-order valence-corrected chi connectivity index (χ3v) is 12.8. The maximum absolute atomic E-state index is 7.31. The molecule has 0 aliphatic carbocycles. The second-order valence-corrected chi connectivity index (χ2v) is 15.9.